The van der Waals surface area contributed by atoms with Crippen molar-refractivity contribution in [2.24, 2.45) is 11.7 Å². The van der Waals surface area contributed by atoms with Gasteiger partial charge >= 0.3 is 0 Å². The van der Waals surface area contributed by atoms with E-state index in [1.165, 1.54) is 0 Å². The summed E-state index contributed by atoms with van der Waals surface area (Å²) in [6, 6.07) is 17.9. The lowest BCUT2D eigenvalue weighted by atomic mass is 9.86. The van der Waals surface area contributed by atoms with Gasteiger partial charge in [0.05, 0.1) is 18.0 Å². The summed E-state index contributed by atoms with van der Waals surface area (Å²) in [5.74, 6) is -0.205. The van der Waals surface area contributed by atoms with Crippen molar-refractivity contribution in [3.05, 3.63) is 94.8 Å². The zero-order chi connectivity index (χ0) is 24.9. The van der Waals surface area contributed by atoms with E-state index in [2.05, 4.69) is 24.1 Å². The van der Waals surface area contributed by atoms with Crippen LogP contribution < -0.4 is 11.1 Å². The highest BCUT2D eigenvalue weighted by molar-refractivity contribution is 6.30. The van der Waals surface area contributed by atoms with Gasteiger partial charge in [-0.2, -0.15) is 0 Å². The summed E-state index contributed by atoms with van der Waals surface area (Å²) in [6.07, 6.45) is 5.02. The molecule has 0 bridgehead atoms. The quantitative estimate of drug-likeness (QED) is 0.463. The van der Waals surface area contributed by atoms with E-state index < -0.39 is 0 Å². The minimum atomic E-state index is -0.336. The largest absolute Gasteiger partial charge is 0.337 e. The molecular weight excluding hydrogens is 460 g/mol. The molecule has 6 nitrogen and oxygen atoms in total. The van der Waals surface area contributed by atoms with E-state index in [1.54, 1.807) is 36.7 Å². The molecule has 0 aliphatic carbocycles. The van der Waals surface area contributed by atoms with Gasteiger partial charge in [0.1, 0.15) is 0 Å². The van der Waals surface area contributed by atoms with Crippen LogP contribution in [-0.2, 0) is 4.79 Å². The zero-order valence-electron chi connectivity index (χ0n) is 20.0. The Kier molecular flexibility index (Phi) is 7.83. The maximum Gasteiger partial charge on any atom is 0.255 e. The Balaban J connectivity index is 1.48. The fourth-order valence-corrected chi connectivity index (χ4v) is 4.94. The second kappa shape index (κ2) is 11.0. The molecule has 1 aromatic heterocycles. The molecule has 4 rings (SSSR count). The van der Waals surface area contributed by atoms with Crippen molar-refractivity contribution in [1.82, 2.24) is 9.88 Å². The van der Waals surface area contributed by atoms with Gasteiger partial charge in [-0.15, -0.1) is 0 Å². The molecule has 2 amide bonds. The summed E-state index contributed by atoms with van der Waals surface area (Å²) in [4.78, 5) is 32.2. The number of aromatic nitrogens is 1. The average molecular weight is 491 g/mol. The van der Waals surface area contributed by atoms with Crippen LogP contribution in [0.25, 0.3) is 0 Å². The number of anilines is 1. The Morgan fingerprint density at radius 2 is 1.63 bits per heavy atom. The van der Waals surface area contributed by atoms with Gasteiger partial charge in [-0.1, -0.05) is 49.7 Å². The summed E-state index contributed by atoms with van der Waals surface area (Å²) in [5.41, 5.74) is 9.80. The van der Waals surface area contributed by atoms with Crippen LogP contribution >= 0.6 is 11.6 Å². The molecule has 3 atom stereocenters. The first-order valence-electron chi connectivity index (χ1n) is 12.0. The first-order valence-corrected chi connectivity index (χ1v) is 12.4. The standard InChI is InChI=1S/C28H31ClN4O2/c1-18(2)25(19-9-11-22(29)12-10-19)28(35)33-17-3-4-24(33)26(30)20-5-7-21(8-6-20)27(34)32-23-13-15-31-16-14-23/h5-16,18,24-26H,3-4,17,30H2,1-2H3,(H,31,32,34). The van der Waals surface area contributed by atoms with Crippen molar-refractivity contribution >= 4 is 29.1 Å². The van der Waals surface area contributed by atoms with E-state index in [0.29, 0.717) is 22.8 Å². The molecule has 7 heteroatoms. The van der Waals surface area contributed by atoms with Gasteiger partial charge in [-0.25, -0.2) is 0 Å². The van der Waals surface area contributed by atoms with Crippen molar-refractivity contribution < 1.29 is 9.59 Å². The van der Waals surface area contributed by atoms with E-state index in [1.807, 2.05) is 41.3 Å². The van der Waals surface area contributed by atoms with Gasteiger partial charge in [0.15, 0.2) is 0 Å². The number of nitrogens with one attached hydrogen (secondary N) is 1. The molecule has 2 aromatic carbocycles. The molecule has 0 saturated carbocycles. The van der Waals surface area contributed by atoms with E-state index in [-0.39, 0.29) is 35.7 Å². The highest BCUT2D eigenvalue weighted by Gasteiger charge is 2.38. The lowest BCUT2D eigenvalue weighted by Crippen LogP contribution is -2.45. The number of halogens is 1. The van der Waals surface area contributed by atoms with Crippen LogP contribution in [0.3, 0.4) is 0 Å². The third kappa shape index (κ3) is 5.72. The van der Waals surface area contributed by atoms with Crippen LogP contribution in [0.1, 0.15) is 60.1 Å². The Bertz CT molecular complexity index is 1150. The minimum Gasteiger partial charge on any atom is -0.337 e. The molecule has 182 valence electrons. The Morgan fingerprint density at radius 3 is 2.26 bits per heavy atom. The smallest absolute Gasteiger partial charge is 0.255 e. The van der Waals surface area contributed by atoms with Crippen LogP contribution in [0.4, 0.5) is 5.69 Å². The van der Waals surface area contributed by atoms with E-state index in [9.17, 15) is 9.59 Å². The average Bonchev–Trinajstić information content (AvgIpc) is 3.35. The summed E-state index contributed by atoms with van der Waals surface area (Å²) < 4.78 is 0. The van der Waals surface area contributed by atoms with Gasteiger partial charge in [-0.3, -0.25) is 14.6 Å². The monoisotopic (exact) mass is 490 g/mol. The topological polar surface area (TPSA) is 88.3 Å². The fourth-order valence-electron chi connectivity index (χ4n) is 4.82. The van der Waals surface area contributed by atoms with Crippen molar-refractivity contribution in [2.45, 2.75) is 44.7 Å². The fraction of sp³-hybridized carbons (Fsp3) is 0.321. The van der Waals surface area contributed by atoms with E-state index >= 15 is 0 Å². The lowest BCUT2D eigenvalue weighted by molar-refractivity contribution is -0.135. The highest BCUT2D eigenvalue weighted by Crippen LogP contribution is 2.34. The predicted molar refractivity (Wildman–Crippen MR) is 139 cm³/mol. The van der Waals surface area contributed by atoms with Crippen LogP contribution in [-0.4, -0.2) is 34.3 Å². The molecule has 1 fully saturated rings. The number of amides is 2. The Hall–Kier alpha value is -3.22. The molecule has 3 N–H and O–H groups in total. The molecule has 2 heterocycles. The van der Waals surface area contributed by atoms with Gasteiger partial charge < -0.3 is 16.0 Å². The van der Waals surface area contributed by atoms with Crippen molar-refractivity contribution in [3.8, 4) is 0 Å². The maximum atomic E-state index is 13.7. The number of nitrogens with zero attached hydrogens (tertiary/aromatic N) is 2. The number of likely N-dealkylation sites (tertiary alicyclic amines) is 1. The summed E-state index contributed by atoms with van der Waals surface area (Å²) >= 11 is 6.07. The molecule has 35 heavy (non-hydrogen) atoms. The third-order valence-corrected chi connectivity index (χ3v) is 6.91. The normalized spacial score (nSPS) is 17.3. The number of hydrogen-bond donors (Lipinski definition) is 2. The second-order valence-corrected chi connectivity index (χ2v) is 9.79. The van der Waals surface area contributed by atoms with Crippen LogP contribution in [0, 0.1) is 5.92 Å². The number of rotatable bonds is 7. The summed E-state index contributed by atoms with van der Waals surface area (Å²) in [6.45, 7) is 4.83. The van der Waals surface area contributed by atoms with Gasteiger partial charge in [0, 0.05) is 35.2 Å². The van der Waals surface area contributed by atoms with Gasteiger partial charge in [-0.05, 0) is 66.3 Å². The van der Waals surface area contributed by atoms with Crippen molar-refractivity contribution in [1.29, 1.82) is 0 Å². The second-order valence-electron chi connectivity index (χ2n) is 9.35. The van der Waals surface area contributed by atoms with Crippen molar-refractivity contribution in [2.75, 3.05) is 11.9 Å². The molecule has 1 aliphatic rings. The van der Waals surface area contributed by atoms with E-state index in [4.69, 9.17) is 17.3 Å². The van der Waals surface area contributed by atoms with E-state index in [0.717, 1.165) is 24.0 Å². The van der Waals surface area contributed by atoms with Crippen molar-refractivity contribution in [3.63, 3.8) is 0 Å². The molecule has 1 saturated heterocycles. The highest BCUT2D eigenvalue weighted by atomic mass is 35.5. The van der Waals surface area contributed by atoms with Crippen LogP contribution in [0.5, 0.6) is 0 Å². The molecule has 0 spiro atoms. The minimum absolute atomic E-state index is 0.0902. The third-order valence-electron chi connectivity index (χ3n) is 6.65. The van der Waals surface area contributed by atoms with Gasteiger partial charge in [0.2, 0.25) is 5.91 Å². The number of pyridine rings is 1. The first-order chi connectivity index (χ1) is 16.8. The van der Waals surface area contributed by atoms with Gasteiger partial charge in [0.25, 0.3) is 5.91 Å². The summed E-state index contributed by atoms with van der Waals surface area (Å²) in [5, 5.41) is 3.51. The molecule has 3 unspecified atom stereocenters. The zero-order valence-corrected chi connectivity index (χ0v) is 20.8. The van der Waals surface area contributed by atoms with Crippen LogP contribution in [0.2, 0.25) is 5.02 Å². The Morgan fingerprint density at radius 1 is 1.00 bits per heavy atom. The Labute approximate surface area is 211 Å². The molecule has 0 radical (unpaired) electrons. The molecule has 1 aliphatic heterocycles. The maximum absolute atomic E-state index is 13.7. The molecular formula is C28H31ClN4O2. The molecule has 3 aromatic rings. The number of nitrogens with two attached hydrogens (primary N) is 1. The number of carbonyl (C=O) groups excluding carboxylic acids is 2. The lowest BCUT2D eigenvalue weighted by Gasteiger charge is -2.34. The SMILES string of the molecule is CC(C)C(C(=O)N1CCCC1C(N)c1ccc(C(=O)Nc2ccncc2)cc1)c1ccc(Cl)cc1. The van der Waals surface area contributed by atoms with Crippen LogP contribution in [0.15, 0.2) is 73.1 Å². The number of benzene rings is 2. The first kappa shape index (κ1) is 24.9. The summed E-state index contributed by atoms with van der Waals surface area (Å²) in [7, 11) is 0. The number of carbonyl (C=O) groups is 2. The predicted octanol–water partition coefficient (Wildman–Crippen LogP) is 5.42. The number of hydrogen-bond acceptors (Lipinski definition) is 4.